The number of hydrogen-bond donors (Lipinski definition) is 2. The molecule has 1 aliphatic rings. The molecule has 0 aliphatic carbocycles. The molecule has 1 fully saturated rings. The minimum atomic E-state index is 0.436. The molecule has 1 atom stereocenters. The monoisotopic (exact) mass is 226 g/mol. The van der Waals surface area contributed by atoms with Crippen LogP contribution in [0.25, 0.3) is 0 Å². The van der Waals surface area contributed by atoms with E-state index in [0.29, 0.717) is 6.04 Å². The Kier molecular flexibility index (Phi) is 3.56. The highest BCUT2D eigenvalue weighted by Crippen LogP contribution is 2.24. The average Bonchev–Trinajstić information content (AvgIpc) is 2.78. The van der Waals surface area contributed by atoms with Crippen LogP contribution >= 0.6 is 11.3 Å². The van der Waals surface area contributed by atoms with Crippen molar-refractivity contribution in [2.45, 2.75) is 13.0 Å². The predicted molar refractivity (Wildman–Crippen MR) is 64.5 cm³/mol. The van der Waals surface area contributed by atoms with Crippen LogP contribution in [0.4, 0.5) is 5.13 Å². The van der Waals surface area contributed by atoms with E-state index >= 15 is 0 Å². The summed E-state index contributed by atoms with van der Waals surface area (Å²) in [5, 5.41) is 9.61. The van der Waals surface area contributed by atoms with Crippen molar-refractivity contribution in [3.63, 3.8) is 0 Å². The van der Waals surface area contributed by atoms with Crippen LogP contribution in [0, 0.1) is 0 Å². The van der Waals surface area contributed by atoms with Crippen molar-refractivity contribution < 1.29 is 0 Å². The summed E-state index contributed by atoms with van der Waals surface area (Å²) < 4.78 is 0. The number of nitrogens with one attached hydrogen (secondary N) is 2. The molecule has 0 amide bonds. The summed E-state index contributed by atoms with van der Waals surface area (Å²) in [5.41, 5.74) is 1.19. The lowest BCUT2D eigenvalue weighted by atomic mass is 10.2. The van der Waals surface area contributed by atoms with Crippen molar-refractivity contribution in [3.05, 3.63) is 11.1 Å². The van der Waals surface area contributed by atoms with Crippen molar-refractivity contribution >= 4 is 16.5 Å². The van der Waals surface area contributed by atoms with Crippen LogP contribution in [0.1, 0.15) is 18.7 Å². The quantitative estimate of drug-likeness (QED) is 0.811. The van der Waals surface area contributed by atoms with Gasteiger partial charge in [0.25, 0.3) is 0 Å². The van der Waals surface area contributed by atoms with Crippen LogP contribution in [0.5, 0.6) is 0 Å². The van der Waals surface area contributed by atoms with E-state index in [1.807, 2.05) is 7.05 Å². The van der Waals surface area contributed by atoms with Crippen molar-refractivity contribution in [1.29, 1.82) is 0 Å². The number of anilines is 1. The molecule has 2 heterocycles. The molecule has 2 N–H and O–H groups in total. The topological polar surface area (TPSA) is 40.2 Å². The van der Waals surface area contributed by atoms with E-state index in [9.17, 15) is 0 Å². The first-order chi connectivity index (χ1) is 7.31. The number of thiazole rings is 1. The van der Waals surface area contributed by atoms with Gasteiger partial charge in [0.2, 0.25) is 0 Å². The maximum Gasteiger partial charge on any atom is 0.182 e. The first-order valence-electron chi connectivity index (χ1n) is 5.39. The molecule has 0 aromatic carbocycles. The van der Waals surface area contributed by atoms with E-state index in [2.05, 4.69) is 32.8 Å². The molecule has 1 aromatic rings. The Hall–Kier alpha value is -0.650. The molecule has 4 nitrogen and oxygen atoms in total. The summed E-state index contributed by atoms with van der Waals surface area (Å²) in [6.07, 6.45) is 0. The Labute approximate surface area is 94.7 Å². The summed E-state index contributed by atoms with van der Waals surface area (Å²) in [6.45, 7) is 6.65. The fourth-order valence-corrected chi connectivity index (χ4v) is 2.61. The molecule has 5 heteroatoms. The first kappa shape index (κ1) is 10.9. The van der Waals surface area contributed by atoms with E-state index in [0.717, 1.165) is 31.3 Å². The highest BCUT2D eigenvalue weighted by Gasteiger charge is 2.19. The summed E-state index contributed by atoms with van der Waals surface area (Å²) in [5.74, 6) is 0. The lowest BCUT2D eigenvalue weighted by molar-refractivity contribution is 0.183. The molecular formula is C10H18N4S. The second-order valence-corrected chi connectivity index (χ2v) is 4.65. The van der Waals surface area contributed by atoms with E-state index in [-0.39, 0.29) is 0 Å². The molecule has 0 bridgehead atoms. The number of aromatic nitrogens is 1. The van der Waals surface area contributed by atoms with Gasteiger partial charge in [-0.3, -0.25) is 4.90 Å². The summed E-state index contributed by atoms with van der Waals surface area (Å²) in [4.78, 5) is 7.03. The Morgan fingerprint density at radius 2 is 2.27 bits per heavy atom. The minimum absolute atomic E-state index is 0.436. The van der Waals surface area contributed by atoms with E-state index in [1.54, 1.807) is 11.3 Å². The Balaban J connectivity index is 2.02. The van der Waals surface area contributed by atoms with E-state index < -0.39 is 0 Å². The molecular weight excluding hydrogens is 208 g/mol. The van der Waals surface area contributed by atoms with E-state index in [1.165, 1.54) is 5.69 Å². The summed E-state index contributed by atoms with van der Waals surface area (Å²) in [6, 6.07) is 0.436. The second-order valence-electron chi connectivity index (χ2n) is 3.79. The summed E-state index contributed by atoms with van der Waals surface area (Å²) in [7, 11) is 1.91. The van der Waals surface area contributed by atoms with Crippen LogP contribution in [-0.2, 0) is 0 Å². The molecule has 1 saturated heterocycles. The van der Waals surface area contributed by atoms with Crippen LogP contribution in [0.15, 0.2) is 5.38 Å². The van der Waals surface area contributed by atoms with Gasteiger partial charge in [-0.05, 0) is 6.92 Å². The zero-order chi connectivity index (χ0) is 10.7. The Bertz CT molecular complexity index is 306. The highest BCUT2D eigenvalue weighted by atomic mass is 32.1. The number of rotatable bonds is 3. The average molecular weight is 226 g/mol. The predicted octanol–water partition coefficient (Wildman–Crippen LogP) is 1.15. The molecule has 15 heavy (non-hydrogen) atoms. The van der Waals surface area contributed by atoms with Crippen LogP contribution in [0.2, 0.25) is 0 Å². The smallest absolute Gasteiger partial charge is 0.182 e. The molecule has 0 spiro atoms. The fourth-order valence-electron chi connectivity index (χ4n) is 1.85. The van der Waals surface area contributed by atoms with Gasteiger partial charge in [-0.15, -0.1) is 11.3 Å². The maximum absolute atomic E-state index is 4.55. The lowest BCUT2D eigenvalue weighted by Crippen LogP contribution is -2.44. The number of nitrogens with zero attached hydrogens (tertiary/aromatic N) is 2. The molecule has 0 radical (unpaired) electrons. The third kappa shape index (κ3) is 2.48. The van der Waals surface area contributed by atoms with Crippen LogP contribution in [-0.4, -0.2) is 43.1 Å². The van der Waals surface area contributed by atoms with Gasteiger partial charge in [0.1, 0.15) is 0 Å². The second kappa shape index (κ2) is 4.92. The normalized spacial score (nSPS) is 20.1. The largest absolute Gasteiger partial charge is 0.365 e. The zero-order valence-electron chi connectivity index (χ0n) is 9.29. The van der Waals surface area contributed by atoms with Gasteiger partial charge in [0, 0.05) is 38.6 Å². The molecule has 1 aliphatic heterocycles. The van der Waals surface area contributed by atoms with Crippen molar-refractivity contribution in [1.82, 2.24) is 15.2 Å². The molecule has 2 rings (SSSR count). The van der Waals surface area contributed by atoms with Crippen molar-refractivity contribution in [3.8, 4) is 0 Å². The SMILES string of the molecule is CNc1nc(C(C)N2CCNCC2)cs1. The lowest BCUT2D eigenvalue weighted by Gasteiger charge is -2.31. The van der Waals surface area contributed by atoms with Crippen molar-refractivity contribution in [2.75, 3.05) is 38.5 Å². The van der Waals surface area contributed by atoms with Gasteiger partial charge < -0.3 is 10.6 Å². The zero-order valence-corrected chi connectivity index (χ0v) is 10.1. The van der Waals surface area contributed by atoms with Gasteiger partial charge in [-0.25, -0.2) is 4.98 Å². The van der Waals surface area contributed by atoms with Gasteiger partial charge in [-0.2, -0.15) is 0 Å². The van der Waals surface area contributed by atoms with Gasteiger partial charge in [0.05, 0.1) is 11.7 Å². The Morgan fingerprint density at radius 3 is 2.87 bits per heavy atom. The van der Waals surface area contributed by atoms with Gasteiger partial charge in [-0.1, -0.05) is 0 Å². The maximum atomic E-state index is 4.55. The van der Waals surface area contributed by atoms with Gasteiger partial charge >= 0.3 is 0 Å². The Morgan fingerprint density at radius 1 is 1.53 bits per heavy atom. The fraction of sp³-hybridized carbons (Fsp3) is 0.700. The molecule has 1 unspecified atom stereocenters. The van der Waals surface area contributed by atoms with Crippen molar-refractivity contribution in [2.24, 2.45) is 0 Å². The molecule has 0 saturated carbocycles. The standard InChI is InChI=1S/C10H18N4S/c1-8(14-5-3-12-4-6-14)9-7-15-10(11-2)13-9/h7-8,12H,3-6H2,1-2H3,(H,11,13). The number of piperazine rings is 1. The van der Waals surface area contributed by atoms with E-state index in [4.69, 9.17) is 0 Å². The number of hydrogen-bond acceptors (Lipinski definition) is 5. The van der Waals surface area contributed by atoms with Gasteiger partial charge in [0.15, 0.2) is 5.13 Å². The molecule has 1 aromatic heterocycles. The van der Waals surface area contributed by atoms with Crippen LogP contribution < -0.4 is 10.6 Å². The minimum Gasteiger partial charge on any atom is -0.365 e. The third-order valence-corrected chi connectivity index (χ3v) is 3.74. The third-order valence-electron chi connectivity index (χ3n) is 2.86. The highest BCUT2D eigenvalue weighted by molar-refractivity contribution is 7.13. The van der Waals surface area contributed by atoms with Crippen LogP contribution in [0.3, 0.4) is 0 Å². The molecule has 84 valence electrons. The summed E-state index contributed by atoms with van der Waals surface area (Å²) >= 11 is 1.68. The first-order valence-corrected chi connectivity index (χ1v) is 6.27.